The monoisotopic (exact) mass is 342 g/mol. The molecule has 2 rings (SSSR count). The van der Waals surface area contributed by atoms with Crippen LogP contribution < -0.4 is 10.9 Å². The standard InChI is InChI=1S/C13H4BF9/c1-2-5(15)7(17)3(8(18)6(2)16)14-4-9(19)11(21)13(23)12(22)10(4)20/h14H,1H3. The predicted molar refractivity (Wildman–Crippen MR) is 63.7 cm³/mol. The Hall–Kier alpha value is -2.13. The minimum absolute atomic E-state index is 0.707. The summed E-state index contributed by atoms with van der Waals surface area (Å²) in [4.78, 5) is 0. The lowest BCUT2D eigenvalue weighted by atomic mass is 9.62. The average molecular weight is 342 g/mol. The average Bonchev–Trinajstić information content (AvgIpc) is 2.54. The van der Waals surface area contributed by atoms with Crippen molar-refractivity contribution in [2.45, 2.75) is 6.92 Å². The molecule has 10 heteroatoms. The van der Waals surface area contributed by atoms with Crippen LogP contribution in [-0.2, 0) is 0 Å². The molecule has 0 aromatic heterocycles. The fourth-order valence-corrected chi connectivity index (χ4v) is 1.92. The van der Waals surface area contributed by atoms with Crippen LogP contribution in [0.5, 0.6) is 0 Å². The van der Waals surface area contributed by atoms with Crippen LogP contribution in [0.3, 0.4) is 0 Å². The normalized spacial score (nSPS) is 11.0. The maximum Gasteiger partial charge on any atom is 0.208 e. The highest BCUT2D eigenvalue weighted by Gasteiger charge is 2.30. The van der Waals surface area contributed by atoms with Crippen molar-refractivity contribution < 1.29 is 39.5 Å². The van der Waals surface area contributed by atoms with Crippen molar-refractivity contribution in [1.82, 2.24) is 0 Å². The van der Waals surface area contributed by atoms with Crippen molar-refractivity contribution in [2.75, 3.05) is 0 Å². The zero-order valence-corrected chi connectivity index (χ0v) is 11.1. The Bertz CT molecular complexity index is 691. The maximum atomic E-state index is 13.6. The molecule has 0 atom stereocenters. The third kappa shape index (κ3) is 2.55. The largest absolute Gasteiger partial charge is 0.208 e. The van der Waals surface area contributed by atoms with Crippen LogP contribution in [0.2, 0.25) is 0 Å². The summed E-state index contributed by atoms with van der Waals surface area (Å²) in [7, 11) is -1.57. The lowest BCUT2D eigenvalue weighted by Crippen LogP contribution is -2.39. The van der Waals surface area contributed by atoms with E-state index in [9.17, 15) is 39.5 Å². The molecule has 2 aromatic rings. The Labute approximate surface area is 123 Å². The van der Waals surface area contributed by atoms with E-state index in [1.54, 1.807) is 0 Å². The zero-order valence-electron chi connectivity index (χ0n) is 11.1. The summed E-state index contributed by atoms with van der Waals surface area (Å²) >= 11 is 0. The van der Waals surface area contributed by atoms with Crippen LogP contribution >= 0.6 is 0 Å². The summed E-state index contributed by atoms with van der Waals surface area (Å²) in [6, 6.07) is 0. The van der Waals surface area contributed by atoms with E-state index in [-0.39, 0.29) is 0 Å². The third-order valence-electron chi connectivity index (χ3n) is 3.23. The molecular formula is C13H4BF9. The van der Waals surface area contributed by atoms with Crippen LogP contribution in [0, 0.1) is 59.3 Å². The number of benzene rings is 2. The van der Waals surface area contributed by atoms with Crippen LogP contribution in [0.25, 0.3) is 0 Å². The fourth-order valence-electron chi connectivity index (χ4n) is 1.92. The minimum atomic E-state index is -2.47. The summed E-state index contributed by atoms with van der Waals surface area (Å²) < 4.78 is 120. The molecule has 0 aliphatic carbocycles. The maximum absolute atomic E-state index is 13.6. The van der Waals surface area contributed by atoms with Gasteiger partial charge >= 0.3 is 0 Å². The first-order valence-electron chi connectivity index (χ1n) is 5.91. The van der Waals surface area contributed by atoms with Crippen LogP contribution in [0.4, 0.5) is 39.5 Å². The van der Waals surface area contributed by atoms with E-state index >= 15 is 0 Å². The SMILES string of the molecule is Cc1c(F)c(F)c(Bc2c(F)c(F)c(F)c(F)c2F)c(F)c1F. The van der Waals surface area contributed by atoms with Crippen LogP contribution in [-0.4, -0.2) is 7.28 Å². The lowest BCUT2D eigenvalue weighted by molar-refractivity contribution is 0.384. The molecule has 0 N–H and O–H groups in total. The van der Waals surface area contributed by atoms with Gasteiger partial charge in [0.1, 0.15) is 0 Å². The number of hydrogen-bond acceptors (Lipinski definition) is 0. The Balaban J connectivity index is 2.71. The van der Waals surface area contributed by atoms with Gasteiger partial charge in [-0.15, -0.1) is 0 Å². The summed E-state index contributed by atoms with van der Waals surface area (Å²) in [5.41, 5.74) is -4.13. The van der Waals surface area contributed by atoms with Crippen molar-refractivity contribution in [3.05, 3.63) is 57.9 Å². The van der Waals surface area contributed by atoms with Gasteiger partial charge in [0.15, 0.2) is 52.4 Å². The van der Waals surface area contributed by atoms with E-state index in [1.165, 1.54) is 0 Å². The number of halogens is 9. The van der Waals surface area contributed by atoms with E-state index in [4.69, 9.17) is 0 Å². The van der Waals surface area contributed by atoms with Crippen molar-refractivity contribution in [2.24, 2.45) is 0 Å². The molecule has 0 saturated heterocycles. The van der Waals surface area contributed by atoms with Gasteiger partial charge in [-0.1, -0.05) is 0 Å². The summed E-state index contributed by atoms with van der Waals surface area (Å²) in [6.07, 6.45) is 0. The first-order valence-corrected chi connectivity index (χ1v) is 5.91. The van der Waals surface area contributed by atoms with Gasteiger partial charge in [0, 0.05) is 5.56 Å². The number of rotatable bonds is 2. The van der Waals surface area contributed by atoms with Crippen molar-refractivity contribution in [1.29, 1.82) is 0 Å². The molecular weight excluding hydrogens is 338 g/mol. The summed E-state index contributed by atoms with van der Waals surface area (Å²) in [5.74, 6) is -19.5. The van der Waals surface area contributed by atoms with Gasteiger partial charge in [-0.2, -0.15) is 0 Å². The van der Waals surface area contributed by atoms with Gasteiger partial charge in [-0.05, 0) is 17.8 Å². The number of hydrogen-bond donors (Lipinski definition) is 0. The smallest absolute Gasteiger partial charge is 0.204 e. The minimum Gasteiger partial charge on any atom is -0.204 e. The molecule has 0 amide bonds. The highest BCUT2D eigenvalue weighted by Crippen LogP contribution is 2.18. The van der Waals surface area contributed by atoms with Crippen molar-refractivity contribution >= 4 is 18.2 Å². The van der Waals surface area contributed by atoms with E-state index < -0.39 is 76.1 Å². The second kappa shape index (κ2) is 5.82. The predicted octanol–water partition coefficient (Wildman–Crippen LogP) is 2.63. The first-order chi connectivity index (χ1) is 10.6. The Kier molecular flexibility index (Phi) is 4.36. The van der Waals surface area contributed by atoms with Crippen LogP contribution in [0.1, 0.15) is 5.56 Å². The molecule has 0 nitrogen and oxygen atoms in total. The molecule has 0 unspecified atom stereocenters. The second-order valence-electron chi connectivity index (χ2n) is 4.58. The summed E-state index contributed by atoms with van der Waals surface area (Å²) in [6.45, 7) is 0.707. The quantitative estimate of drug-likeness (QED) is 0.341. The molecule has 0 radical (unpaired) electrons. The van der Waals surface area contributed by atoms with E-state index in [0.29, 0.717) is 6.92 Å². The Morgan fingerprint density at radius 3 is 1.04 bits per heavy atom. The van der Waals surface area contributed by atoms with Gasteiger partial charge < -0.3 is 0 Å². The van der Waals surface area contributed by atoms with Gasteiger partial charge in [0.2, 0.25) is 7.28 Å². The highest BCUT2D eigenvalue weighted by atomic mass is 19.2. The fraction of sp³-hybridized carbons (Fsp3) is 0.0769. The zero-order chi connectivity index (χ0) is 17.6. The molecule has 2 aromatic carbocycles. The molecule has 0 bridgehead atoms. The van der Waals surface area contributed by atoms with Gasteiger partial charge in [-0.25, -0.2) is 39.5 Å². The molecule has 0 saturated carbocycles. The highest BCUT2D eigenvalue weighted by molar-refractivity contribution is 6.67. The van der Waals surface area contributed by atoms with Crippen molar-refractivity contribution in [3.63, 3.8) is 0 Å². The molecule has 23 heavy (non-hydrogen) atoms. The van der Waals surface area contributed by atoms with Gasteiger partial charge in [0.25, 0.3) is 0 Å². The van der Waals surface area contributed by atoms with E-state index in [1.807, 2.05) is 0 Å². The third-order valence-corrected chi connectivity index (χ3v) is 3.23. The molecule has 0 fully saturated rings. The summed E-state index contributed by atoms with van der Waals surface area (Å²) in [5, 5.41) is 0. The molecule has 122 valence electrons. The van der Waals surface area contributed by atoms with Crippen molar-refractivity contribution in [3.8, 4) is 0 Å². The van der Waals surface area contributed by atoms with Crippen LogP contribution in [0.15, 0.2) is 0 Å². The van der Waals surface area contributed by atoms with Gasteiger partial charge in [0.05, 0.1) is 0 Å². The van der Waals surface area contributed by atoms with E-state index in [2.05, 4.69) is 0 Å². The van der Waals surface area contributed by atoms with E-state index in [0.717, 1.165) is 0 Å². The lowest BCUT2D eigenvalue weighted by Gasteiger charge is -2.11. The Morgan fingerprint density at radius 2 is 0.696 bits per heavy atom. The topological polar surface area (TPSA) is 0 Å². The molecule has 0 aliphatic heterocycles. The molecule has 0 aliphatic rings. The second-order valence-corrected chi connectivity index (χ2v) is 4.58. The Morgan fingerprint density at radius 1 is 0.435 bits per heavy atom. The molecule has 0 heterocycles. The molecule has 0 spiro atoms. The first kappa shape index (κ1) is 17.2. The van der Waals surface area contributed by atoms with Gasteiger partial charge in [-0.3, -0.25) is 0 Å².